The average molecular weight is 542 g/mol. The molecule has 1 aliphatic heterocycles. The van der Waals surface area contributed by atoms with Gasteiger partial charge in [-0.1, -0.05) is 58.4 Å². The Balaban J connectivity index is 1.54. The van der Waals surface area contributed by atoms with E-state index in [1.165, 1.54) is 6.20 Å². The summed E-state index contributed by atoms with van der Waals surface area (Å²) < 4.78 is 2.62. The van der Waals surface area contributed by atoms with Gasteiger partial charge in [0, 0.05) is 21.5 Å². The first-order valence-electron chi connectivity index (χ1n) is 11.5. The Morgan fingerprint density at radius 2 is 1.58 bits per heavy atom. The molecule has 0 fully saturated rings. The quantitative estimate of drug-likeness (QED) is 0.283. The van der Waals surface area contributed by atoms with E-state index < -0.39 is 6.04 Å². The topological polar surface area (TPSA) is 88.0 Å². The third-order valence-corrected chi connectivity index (χ3v) is 6.53. The number of rotatable bonds is 5. The average Bonchev–Trinajstić information content (AvgIpc) is 3.28. The zero-order valence-electron chi connectivity index (χ0n) is 19.7. The van der Waals surface area contributed by atoms with Crippen molar-refractivity contribution in [3.05, 3.63) is 117 Å². The maximum absolute atomic E-state index is 13.5. The van der Waals surface area contributed by atoms with Gasteiger partial charge in [0.15, 0.2) is 0 Å². The molecule has 4 aromatic rings. The number of aromatic nitrogens is 2. The highest BCUT2D eigenvalue weighted by molar-refractivity contribution is 9.10. The molecule has 7 nitrogen and oxygen atoms in total. The molecule has 3 aromatic carbocycles. The minimum atomic E-state index is -0.529. The molecule has 0 bridgehead atoms. The minimum absolute atomic E-state index is 0.244. The number of allylic oxidation sites excluding steroid dienone is 1. The highest BCUT2D eigenvalue weighted by Gasteiger charge is 2.35. The van der Waals surface area contributed by atoms with Gasteiger partial charge in [0.05, 0.1) is 11.8 Å². The summed E-state index contributed by atoms with van der Waals surface area (Å²) in [5, 5.41) is 13.8. The highest BCUT2D eigenvalue weighted by Crippen LogP contribution is 2.38. The van der Waals surface area contributed by atoms with Crippen molar-refractivity contribution in [3.8, 4) is 0 Å². The summed E-state index contributed by atoms with van der Waals surface area (Å²) in [5.41, 5.74) is 4.87. The standard InChI is InChI=1S/C28H24BrN5O2/c1-17-7-6-10-22(15-17)33-27(35)23-16-30-34-25(19-11-13-20(29)14-12-19)24(18(2)31-26(23)34)28(36)32-21-8-4-3-5-9-21/h3-16,25,31H,1-2H3,(H,32,36)(H,33,35)/t25-/m0/s1. The van der Waals surface area contributed by atoms with E-state index in [1.807, 2.05) is 92.7 Å². The number of hydrogen-bond acceptors (Lipinski definition) is 4. The molecule has 0 saturated heterocycles. The zero-order chi connectivity index (χ0) is 25.2. The number of anilines is 3. The fourth-order valence-electron chi connectivity index (χ4n) is 4.31. The Bertz CT molecular complexity index is 1480. The first-order valence-corrected chi connectivity index (χ1v) is 12.2. The first-order chi connectivity index (χ1) is 17.4. The molecule has 0 unspecified atom stereocenters. The van der Waals surface area contributed by atoms with Gasteiger partial charge in [-0.15, -0.1) is 0 Å². The van der Waals surface area contributed by atoms with Crippen LogP contribution >= 0.6 is 15.9 Å². The van der Waals surface area contributed by atoms with Crippen molar-refractivity contribution >= 4 is 44.9 Å². The molecule has 2 amide bonds. The van der Waals surface area contributed by atoms with E-state index in [4.69, 9.17) is 0 Å². The summed E-state index contributed by atoms with van der Waals surface area (Å²) >= 11 is 3.48. The van der Waals surface area contributed by atoms with Crippen LogP contribution in [0.15, 0.2) is 101 Å². The maximum atomic E-state index is 13.5. The number of nitrogens with zero attached hydrogens (tertiary/aromatic N) is 2. The fourth-order valence-corrected chi connectivity index (χ4v) is 4.57. The largest absolute Gasteiger partial charge is 0.343 e. The number of fused-ring (bicyclic) bond motifs is 1. The summed E-state index contributed by atoms with van der Waals surface area (Å²) in [6.07, 6.45) is 1.53. The predicted molar refractivity (Wildman–Crippen MR) is 145 cm³/mol. The van der Waals surface area contributed by atoms with Crippen molar-refractivity contribution in [1.82, 2.24) is 9.78 Å². The number of halogens is 1. The molecule has 0 spiro atoms. The highest BCUT2D eigenvalue weighted by atomic mass is 79.9. The zero-order valence-corrected chi connectivity index (χ0v) is 21.3. The van der Waals surface area contributed by atoms with Gasteiger partial charge in [-0.2, -0.15) is 5.10 Å². The van der Waals surface area contributed by atoms with Gasteiger partial charge in [-0.25, -0.2) is 4.68 Å². The van der Waals surface area contributed by atoms with E-state index in [0.717, 1.165) is 15.6 Å². The van der Waals surface area contributed by atoms with E-state index in [9.17, 15) is 9.59 Å². The number of hydrogen-bond donors (Lipinski definition) is 3. The Morgan fingerprint density at radius 3 is 2.31 bits per heavy atom. The van der Waals surface area contributed by atoms with Gasteiger partial charge >= 0.3 is 0 Å². The van der Waals surface area contributed by atoms with Gasteiger partial charge in [-0.05, 0) is 61.4 Å². The van der Waals surface area contributed by atoms with Crippen LogP contribution < -0.4 is 16.0 Å². The van der Waals surface area contributed by atoms with E-state index in [-0.39, 0.29) is 11.8 Å². The van der Waals surface area contributed by atoms with Gasteiger partial charge in [0.25, 0.3) is 11.8 Å². The van der Waals surface area contributed by atoms with E-state index in [2.05, 4.69) is 37.0 Å². The van der Waals surface area contributed by atoms with Crippen molar-refractivity contribution in [3.63, 3.8) is 0 Å². The molecule has 180 valence electrons. The summed E-state index contributed by atoms with van der Waals surface area (Å²) in [6, 6.07) is 24.1. The molecule has 0 aliphatic carbocycles. The van der Waals surface area contributed by atoms with Crippen LogP contribution in [0.3, 0.4) is 0 Å². The summed E-state index contributed by atoms with van der Waals surface area (Å²) in [6.45, 7) is 3.81. The Kier molecular flexibility index (Phi) is 6.43. The molecular formula is C28H24BrN5O2. The normalized spacial score (nSPS) is 14.6. The van der Waals surface area contributed by atoms with Gasteiger partial charge in [-0.3, -0.25) is 9.59 Å². The molecule has 3 N–H and O–H groups in total. The van der Waals surface area contributed by atoms with Crippen LogP contribution in [0.5, 0.6) is 0 Å². The van der Waals surface area contributed by atoms with E-state index in [0.29, 0.717) is 34.0 Å². The van der Waals surface area contributed by atoms with Crippen LogP contribution in [0, 0.1) is 6.92 Å². The monoisotopic (exact) mass is 541 g/mol. The Labute approximate surface area is 217 Å². The molecule has 1 aromatic heterocycles. The van der Waals surface area contributed by atoms with Crippen molar-refractivity contribution in [2.75, 3.05) is 16.0 Å². The second-order valence-corrected chi connectivity index (χ2v) is 9.53. The van der Waals surface area contributed by atoms with Crippen molar-refractivity contribution < 1.29 is 9.59 Å². The number of nitrogens with one attached hydrogen (secondary N) is 3. The van der Waals surface area contributed by atoms with Crippen molar-refractivity contribution in [1.29, 1.82) is 0 Å². The van der Waals surface area contributed by atoms with Gasteiger partial charge in [0.2, 0.25) is 0 Å². The molecule has 0 radical (unpaired) electrons. The molecule has 36 heavy (non-hydrogen) atoms. The summed E-state index contributed by atoms with van der Waals surface area (Å²) in [5.74, 6) is 0.00163. The van der Waals surface area contributed by atoms with Gasteiger partial charge < -0.3 is 16.0 Å². The molecule has 5 rings (SSSR count). The number of benzene rings is 3. The van der Waals surface area contributed by atoms with Crippen LogP contribution in [-0.2, 0) is 4.79 Å². The molecular weight excluding hydrogens is 518 g/mol. The smallest absolute Gasteiger partial charge is 0.261 e. The molecule has 8 heteroatoms. The number of carbonyl (C=O) groups excluding carboxylic acids is 2. The molecule has 1 atom stereocenters. The lowest BCUT2D eigenvalue weighted by molar-refractivity contribution is -0.113. The number of amides is 2. The lowest BCUT2D eigenvalue weighted by Gasteiger charge is -2.30. The first kappa shape index (κ1) is 23.6. The van der Waals surface area contributed by atoms with Crippen molar-refractivity contribution in [2.24, 2.45) is 0 Å². The SMILES string of the molecule is CC1=C(C(=O)Nc2ccccc2)[C@H](c2ccc(Br)cc2)n2ncc(C(=O)Nc3cccc(C)c3)c2N1. The molecule has 0 saturated carbocycles. The van der Waals surface area contributed by atoms with Crippen molar-refractivity contribution in [2.45, 2.75) is 19.9 Å². The number of aryl methyl sites for hydroxylation is 1. The summed E-state index contributed by atoms with van der Waals surface area (Å²) in [4.78, 5) is 26.7. The lowest BCUT2D eigenvalue weighted by atomic mass is 9.94. The molecule has 1 aliphatic rings. The number of carbonyl (C=O) groups is 2. The van der Waals surface area contributed by atoms with Crippen LogP contribution in [-0.4, -0.2) is 21.6 Å². The fraction of sp³-hybridized carbons (Fsp3) is 0.107. The lowest BCUT2D eigenvalue weighted by Crippen LogP contribution is -2.32. The third kappa shape index (κ3) is 4.67. The maximum Gasteiger partial charge on any atom is 0.261 e. The summed E-state index contributed by atoms with van der Waals surface area (Å²) in [7, 11) is 0. The Hall–Kier alpha value is -4.17. The predicted octanol–water partition coefficient (Wildman–Crippen LogP) is 6.13. The minimum Gasteiger partial charge on any atom is -0.343 e. The number of para-hydroxylation sites is 1. The van der Waals surface area contributed by atoms with Crippen LogP contribution in [0.2, 0.25) is 0 Å². The van der Waals surface area contributed by atoms with Crippen LogP contribution in [0.4, 0.5) is 17.2 Å². The molecule has 2 heterocycles. The van der Waals surface area contributed by atoms with E-state index in [1.54, 1.807) is 4.68 Å². The van der Waals surface area contributed by atoms with Crippen LogP contribution in [0.1, 0.15) is 34.5 Å². The second kappa shape index (κ2) is 9.83. The second-order valence-electron chi connectivity index (χ2n) is 8.61. The van der Waals surface area contributed by atoms with Crippen LogP contribution in [0.25, 0.3) is 0 Å². The van der Waals surface area contributed by atoms with Gasteiger partial charge in [0.1, 0.15) is 17.4 Å². The third-order valence-electron chi connectivity index (χ3n) is 6.01. The van der Waals surface area contributed by atoms with E-state index >= 15 is 0 Å². The Morgan fingerprint density at radius 1 is 0.889 bits per heavy atom.